The van der Waals surface area contributed by atoms with Crippen LogP contribution in [0.5, 0.6) is 0 Å². The quantitative estimate of drug-likeness (QED) is 0.884. The summed E-state index contributed by atoms with van der Waals surface area (Å²) < 4.78 is 1.05. The fraction of sp³-hybridized carbons (Fsp3) is 0.100. The van der Waals surface area contributed by atoms with Crippen molar-refractivity contribution in [2.45, 2.75) is 0 Å². The Morgan fingerprint density at radius 1 is 1.44 bits per heavy atom. The molecule has 6 heteroatoms. The fourth-order valence-corrected chi connectivity index (χ4v) is 2.53. The summed E-state index contributed by atoms with van der Waals surface area (Å²) in [6.07, 6.45) is 3.48. The lowest BCUT2D eigenvalue weighted by Crippen LogP contribution is -2.02. The van der Waals surface area contributed by atoms with E-state index in [4.69, 9.17) is 5.26 Å². The third kappa shape index (κ3) is 2.56. The molecule has 0 amide bonds. The second-order valence-electron chi connectivity index (χ2n) is 2.94. The van der Waals surface area contributed by atoms with E-state index in [-0.39, 0.29) is 6.54 Å². The molecule has 0 radical (unpaired) electrons. The van der Waals surface area contributed by atoms with E-state index in [2.05, 4.69) is 31.2 Å². The van der Waals surface area contributed by atoms with E-state index in [0.29, 0.717) is 5.95 Å². The average molecular weight is 295 g/mol. The largest absolute Gasteiger partial charge is 0.341 e. The van der Waals surface area contributed by atoms with E-state index in [1.54, 1.807) is 23.7 Å². The second kappa shape index (κ2) is 5.05. The Hall–Kier alpha value is -1.45. The van der Waals surface area contributed by atoms with E-state index in [1.165, 1.54) is 0 Å². The predicted octanol–water partition coefficient (Wildman–Crippen LogP) is 2.90. The summed E-state index contributed by atoms with van der Waals surface area (Å²) in [4.78, 5) is 9.35. The van der Waals surface area contributed by atoms with Gasteiger partial charge in [-0.3, -0.25) is 0 Å². The van der Waals surface area contributed by atoms with Gasteiger partial charge in [-0.25, -0.2) is 9.97 Å². The predicted molar refractivity (Wildman–Crippen MR) is 67.1 cm³/mol. The number of hydrogen-bond acceptors (Lipinski definition) is 5. The van der Waals surface area contributed by atoms with Crippen LogP contribution in [0.3, 0.4) is 0 Å². The molecule has 16 heavy (non-hydrogen) atoms. The van der Waals surface area contributed by atoms with Crippen LogP contribution >= 0.6 is 27.3 Å². The highest BCUT2D eigenvalue weighted by molar-refractivity contribution is 9.10. The second-order valence-corrected chi connectivity index (χ2v) is 4.76. The molecule has 0 aromatic carbocycles. The first-order valence-electron chi connectivity index (χ1n) is 4.47. The van der Waals surface area contributed by atoms with E-state index in [9.17, 15) is 0 Å². The Morgan fingerprint density at radius 2 is 2.19 bits per heavy atom. The van der Waals surface area contributed by atoms with Crippen LogP contribution in [0.1, 0.15) is 0 Å². The maximum atomic E-state index is 8.39. The topological polar surface area (TPSA) is 61.6 Å². The molecule has 2 heterocycles. The van der Waals surface area contributed by atoms with Crippen LogP contribution in [0.2, 0.25) is 0 Å². The monoisotopic (exact) mass is 294 g/mol. The molecule has 2 aromatic heterocycles. The lowest BCUT2D eigenvalue weighted by molar-refractivity contribution is 1.12. The van der Waals surface area contributed by atoms with Gasteiger partial charge in [-0.05, 0) is 22.0 Å². The highest BCUT2D eigenvalue weighted by atomic mass is 79.9. The number of aromatic nitrogens is 2. The Kier molecular flexibility index (Phi) is 3.49. The van der Waals surface area contributed by atoms with Crippen molar-refractivity contribution in [1.82, 2.24) is 9.97 Å². The van der Waals surface area contributed by atoms with Crippen molar-refractivity contribution < 1.29 is 0 Å². The molecule has 0 bridgehead atoms. The standard InChI is InChI=1S/C10H7BrN4S/c11-8-3-9(16-6-8)7-4-14-10(15-5-7)13-2-1-12/h3-6H,2H2,(H,13,14,15). The average Bonchev–Trinajstić information content (AvgIpc) is 2.74. The summed E-state index contributed by atoms with van der Waals surface area (Å²) in [6.45, 7) is 0.212. The number of thiophene rings is 1. The number of anilines is 1. The molecule has 1 N–H and O–H groups in total. The van der Waals surface area contributed by atoms with Gasteiger partial charge < -0.3 is 5.32 Å². The summed E-state index contributed by atoms with van der Waals surface area (Å²) in [7, 11) is 0. The molecule has 80 valence electrons. The SMILES string of the molecule is N#CCNc1ncc(-c2cc(Br)cs2)cn1. The van der Waals surface area contributed by atoms with Crippen molar-refractivity contribution in [1.29, 1.82) is 5.26 Å². The zero-order chi connectivity index (χ0) is 11.4. The summed E-state index contributed by atoms with van der Waals surface area (Å²) in [5.74, 6) is 0.473. The lowest BCUT2D eigenvalue weighted by atomic mass is 10.3. The number of rotatable bonds is 3. The van der Waals surface area contributed by atoms with Crippen LogP contribution in [-0.2, 0) is 0 Å². The van der Waals surface area contributed by atoms with Gasteiger partial charge in [0.2, 0.25) is 5.95 Å². The summed E-state index contributed by atoms with van der Waals surface area (Å²) in [6, 6.07) is 3.99. The van der Waals surface area contributed by atoms with Crippen LogP contribution < -0.4 is 5.32 Å². The van der Waals surface area contributed by atoms with Gasteiger partial charge in [0.1, 0.15) is 6.54 Å². The normalized spacial score (nSPS) is 9.75. The first-order valence-corrected chi connectivity index (χ1v) is 6.14. The van der Waals surface area contributed by atoms with Crippen LogP contribution in [0.15, 0.2) is 28.3 Å². The number of nitriles is 1. The van der Waals surface area contributed by atoms with Gasteiger partial charge in [0.05, 0.1) is 6.07 Å². The molecular weight excluding hydrogens is 288 g/mol. The Morgan fingerprint density at radius 3 is 2.75 bits per heavy atom. The Balaban J connectivity index is 2.16. The molecule has 2 aromatic rings. The molecule has 2 rings (SSSR count). The molecule has 4 nitrogen and oxygen atoms in total. The summed E-state index contributed by atoms with van der Waals surface area (Å²) >= 11 is 5.03. The minimum atomic E-state index is 0.212. The summed E-state index contributed by atoms with van der Waals surface area (Å²) in [5, 5.41) is 13.2. The third-order valence-corrected chi connectivity index (χ3v) is 3.57. The zero-order valence-corrected chi connectivity index (χ0v) is 10.5. The van der Waals surface area contributed by atoms with Crippen molar-refractivity contribution in [2.75, 3.05) is 11.9 Å². The van der Waals surface area contributed by atoms with Crippen molar-refractivity contribution in [3.8, 4) is 16.5 Å². The van der Waals surface area contributed by atoms with E-state index < -0.39 is 0 Å². The van der Waals surface area contributed by atoms with Gasteiger partial charge in [-0.2, -0.15) is 5.26 Å². The number of hydrogen-bond donors (Lipinski definition) is 1. The molecule has 0 fully saturated rings. The molecule has 0 saturated carbocycles. The van der Waals surface area contributed by atoms with Crippen LogP contribution in [0.25, 0.3) is 10.4 Å². The molecule has 0 aliphatic carbocycles. The van der Waals surface area contributed by atoms with E-state index in [1.807, 2.05) is 17.5 Å². The lowest BCUT2D eigenvalue weighted by Gasteiger charge is -2.00. The number of halogens is 1. The maximum Gasteiger partial charge on any atom is 0.223 e. The van der Waals surface area contributed by atoms with Crippen molar-refractivity contribution >= 4 is 33.2 Å². The molecule has 0 atom stereocenters. The van der Waals surface area contributed by atoms with Gasteiger partial charge >= 0.3 is 0 Å². The van der Waals surface area contributed by atoms with E-state index >= 15 is 0 Å². The van der Waals surface area contributed by atoms with Gasteiger partial charge in [0.15, 0.2) is 0 Å². The van der Waals surface area contributed by atoms with Crippen molar-refractivity contribution in [3.05, 3.63) is 28.3 Å². The molecular formula is C10H7BrN4S. The number of nitrogens with one attached hydrogen (secondary N) is 1. The molecule has 0 spiro atoms. The Bertz CT molecular complexity index is 514. The zero-order valence-electron chi connectivity index (χ0n) is 8.14. The summed E-state index contributed by atoms with van der Waals surface area (Å²) in [5.41, 5.74) is 0.971. The molecule has 0 unspecified atom stereocenters. The van der Waals surface area contributed by atoms with E-state index in [0.717, 1.165) is 14.9 Å². The van der Waals surface area contributed by atoms with Gasteiger partial charge in [-0.1, -0.05) is 0 Å². The van der Waals surface area contributed by atoms with Crippen LogP contribution in [0, 0.1) is 11.3 Å². The minimum Gasteiger partial charge on any atom is -0.341 e. The molecule has 0 aliphatic rings. The third-order valence-electron chi connectivity index (χ3n) is 1.83. The minimum absolute atomic E-state index is 0.212. The van der Waals surface area contributed by atoms with Gasteiger partial charge in [-0.15, -0.1) is 11.3 Å². The molecule has 0 saturated heterocycles. The van der Waals surface area contributed by atoms with Crippen LogP contribution in [-0.4, -0.2) is 16.5 Å². The highest BCUT2D eigenvalue weighted by Gasteiger charge is 2.02. The smallest absolute Gasteiger partial charge is 0.223 e. The number of nitrogens with zero attached hydrogens (tertiary/aromatic N) is 3. The Labute approximate surface area is 105 Å². The van der Waals surface area contributed by atoms with Crippen molar-refractivity contribution in [2.24, 2.45) is 0 Å². The first kappa shape index (κ1) is 11.0. The van der Waals surface area contributed by atoms with Crippen molar-refractivity contribution in [3.63, 3.8) is 0 Å². The highest BCUT2D eigenvalue weighted by Crippen LogP contribution is 2.28. The van der Waals surface area contributed by atoms with Gasteiger partial charge in [0.25, 0.3) is 0 Å². The van der Waals surface area contributed by atoms with Crippen LogP contribution in [0.4, 0.5) is 5.95 Å². The first-order chi connectivity index (χ1) is 7.79. The fourth-order valence-electron chi connectivity index (χ4n) is 1.13. The van der Waals surface area contributed by atoms with Gasteiger partial charge in [0, 0.05) is 32.7 Å². The molecule has 0 aliphatic heterocycles. The maximum absolute atomic E-state index is 8.39.